The first-order valence-corrected chi connectivity index (χ1v) is 7.50. The van der Waals surface area contributed by atoms with Crippen LogP contribution >= 0.6 is 15.9 Å². The van der Waals surface area contributed by atoms with Gasteiger partial charge in [0.05, 0.1) is 6.10 Å². The van der Waals surface area contributed by atoms with E-state index in [9.17, 15) is 9.50 Å². The molecule has 0 aliphatic rings. The Hall–Kier alpha value is -0.410. The van der Waals surface area contributed by atoms with Crippen molar-refractivity contribution in [2.45, 2.75) is 52.1 Å². The molecular formula is C15H22BrFO. The van der Waals surface area contributed by atoms with Crippen LogP contribution in [-0.2, 0) is 0 Å². The van der Waals surface area contributed by atoms with E-state index < -0.39 is 6.10 Å². The van der Waals surface area contributed by atoms with Crippen molar-refractivity contribution in [2.75, 3.05) is 0 Å². The Kier molecular flexibility index (Phi) is 6.87. The second-order valence-corrected chi connectivity index (χ2v) is 5.75. The molecule has 0 saturated carbocycles. The molecule has 0 saturated heterocycles. The second-order valence-electron chi connectivity index (χ2n) is 4.83. The average molecular weight is 317 g/mol. The summed E-state index contributed by atoms with van der Waals surface area (Å²) < 4.78 is 14.4. The summed E-state index contributed by atoms with van der Waals surface area (Å²) in [6.07, 6.45) is 4.44. The van der Waals surface area contributed by atoms with Crippen molar-refractivity contribution in [3.8, 4) is 0 Å². The Balaban J connectivity index is 2.65. The third-order valence-corrected chi connectivity index (χ3v) is 3.91. The molecule has 1 aromatic rings. The molecule has 0 aliphatic carbocycles. The maximum absolute atomic E-state index is 13.7. The Morgan fingerprint density at radius 3 is 2.61 bits per heavy atom. The van der Waals surface area contributed by atoms with Gasteiger partial charge in [0.25, 0.3) is 0 Å². The van der Waals surface area contributed by atoms with Gasteiger partial charge in [0, 0.05) is 10.0 Å². The third-order valence-electron chi connectivity index (χ3n) is 3.42. The largest absolute Gasteiger partial charge is 0.388 e. The Morgan fingerprint density at radius 2 is 2.06 bits per heavy atom. The van der Waals surface area contributed by atoms with E-state index in [-0.39, 0.29) is 5.82 Å². The van der Waals surface area contributed by atoms with E-state index in [0.29, 0.717) is 22.4 Å². The predicted molar refractivity (Wildman–Crippen MR) is 77.0 cm³/mol. The van der Waals surface area contributed by atoms with Gasteiger partial charge in [0.2, 0.25) is 0 Å². The van der Waals surface area contributed by atoms with Gasteiger partial charge in [0.1, 0.15) is 5.82 Å². The smallest absolute Gasteiger partial charge is 0.130 e. The Morgan fingerprint density at radius 1 is 1.33 bits per heavy atom. The number of benzene rings is 1. The topological polar surface area (TPSA) is 20.2 Å². The number of rotatable bonds is 7. The fraction of sp³-hybridized carbons (Fsp3) is 0.600. The fourth-order valence-electron chi connectivity index (χ4n) is 2.20. The summed E-state index contributed by atoms with van der Waals surface area (Å²) in [5.41, 5.74) is 0.410. The second kappa shape index (κ2) is 7.90. The molecule has 1 N–H and O–H groups in total. The van der Waals surface area contributed by atoms with Crippen molar-refractivity contribution in [1.29, 1.82) is 0 Å². The van der Waals surface area contributed by atoms with Crippen molar-refractivity contribution < 1.29 is 9.50 Å². The van der Waals surface area contributed by atoms with Crippen LogP contribution < -0.4 is 0 Å². The van der Waals surface area contributed by atoms with Gasteiger partial charge in [-0.25, -0.2) is 4.39 Å². The van der Waals surface area contributed by atoms with Crippen LogP contribution in [0.3, 0.4) is 0 Å². The molecule has 2 atom stereocenters. The molecule has 0 fully saturated rings. The highest BCUT2D eigenvalue weighted by atomic mass is 79.9. The summed E-state index contributed by atoms with van der Waals surface area (Å²) in [6, 6.07) is 4.84. The lowest BCUT2D eigenvalue weighted by Gasteiger charge is -2.19. The van der Waals surface area contributed by atoms with Gasteiger partial charge in [-0.15, -0.1) is 0 Å². The van der Waals surface area contributed by atoms with Gasteiger partial charge in [0.15, 0.2) is 0 Å². The number of hydrogen-bond acceptors (Lipinski definition) is 1. The first-order chi connectivity index (χ1) is 8.58. The van der Waals surface area contributed by atoms with Crippen molar-refractivity contribution in [2.24, 2.45) is 5.92 Å². The van der Waals surface area contributed by atoms with Gasteiger partial charge in [-0.1, -0.05) is 61.5 Å². The molecule has 0 aromatic heterocycles. The van der Waals surface area contributed by atoms with Crippen molar-refractivity contribution in [3.05, 3.63) is 34.1 Å². The summed E-state index contributed by atoms with van der Waals surface area (Å²) >= 11 is 3.22. The average Bonchev–Trinajstić information content (AvgIpc) is 2.34. The van der Waals surface area contributed by atoms with Gasteiger partial charge >= 0.3 is 0 Å². The van der Waals surface area contributed by atoms with E-state index in [2.05, 4.69) is 29.8 Å². The number of aliphatic hydroxyl groups excluding tert-OH is 1. The Bertz CT molecular complexity index is 368. The molecule has 0 aliphatic heterocycles. The minimum atomic E-state index is -0.695. The van der Waals surface area contributed by atoms with E-state index >= 15 is 0 Å². The molecule has 1 rings (SSSR count). The maximum atomic E-state index is 13.7. The zero-order valence-electron chi connectivity index (χ0n) is 11.1. The van der Waals surface area contributed by atoms with Crippen LogP contribution in [0.4, 0.5) is 4.39 Å². The molecule has 1 aromatic carbocycles. The molecule has 2 unspecified atom stereocenters. The van der Waals surface area contributed by atoms with E-state index in [1.165, 1.54) is 18.9 Å². The molecule has 0 bridgehead atoms. The normalized spacial score (nSPS) is 14.5. The Labute approximate surface area is 118 Å². The van der Waals surface area contributed by atoms with E-state index in [4.69, 9.17) is 0 Å². The van der Waals surface area contributed by atoms with Gasteiger partial charge in [-0.05, 0) is 24.5 Å². The molecule has 3 heteroatoms. The molecule has 1 nitrogen and oxygen atoms in total. The predicted octanol–water partition coefficient (Wildman–Crippen LogP) is 5.23. The highest BCUT2D eigenvalue weighted by Gasteiger charge is 2.17. The highest BCUT2D eigenvalue weighted by molar-refractivity contribution is 9.10. The van der Waals surface area contributed by atoms with Crippen LogP contribution in [0.1, 0.15) is 57.6 Å². The molecule has 0 heterocycles. The zero-order valence-corrected chi connectivity index (χ0v) is 12.7. The van der Waals surface area contributed by atoms with Crippen LogP contribution in [0.2, 0.25) is 0 Å². The van der Waals surface area contributed by atoms with Crippen molar-refractivity contribution in [1.82, 2.24) is 0 Å². The monoisotopic (exact) mass is 316 g/mol. The summed E-state index contributed by atoms with van der Waals surface area (Å²) in [4.78, 5) is 0. The van der Waals surface area contributed by atoms with Crippen LogP contribution in [0.15, 0.2) is 22.7 Å². The molecule has 0 radical (unpaired) electrons. The third kappa shape index (κ3) is 4.69. The number of unbranched alkanes of at least 4 members (excludes halogenated alkanes) is 1. The van der Waals surface area contributed by atoms with E-state index in [1.54, 1.807) is 12.1 Å². The summed E-state index contributed by atoms with van der Waals surface area (Å²) in [7, 11) is 0. The summed E-state index contributed by atoms with van der Waals surface area (Å²) in [5.74, 6) is 0.144. The SMILES string of the molecule is CCCCC(CC)CC(O)c1ccc(Br)cc1F. The van der Waals surface area contributed by atoms with Crippen LogP contribution in [0.25, 0.3) is 0 Å². The number of aliphatic hydroxyl groups is 1. The van der Waals surface area contributed by atoms with Gasteiger partial charge in [-0.3, -0.25) is 0 Å². The maximum Gasteiger partial charge on any atom is 0.130 e. The minimum Gasteiger partial charge on any atom is -0.388 e. The van der Waals surface area contributed by atoms with E-state index in [0.717, 1.165) is 12.8 Å². The number of halogens is 2. The van der Waals surface area contributed by atoms with Crippen LogP contribution in [-0.4, -0.2) is 5.11 Å². The van der Waals surface area contributed by atoms with Gasteiger partial charge in [-0.2, -0.15) is 0 Å². The van der Waals surface area contributed by atoms with Crippen molar-refractivity contribution in [3.63, 3.8) is 0 Å². The quantitative estimate of drug-likeness (QED) is 0.730. The number of hydrogen-bond donors (Lipinski definition) is 1. The summed E-state index contributed by atoms with van der Waals surface area (Å²) in [5, 5.41) is 10.1. The molecule has 18 heavy (non-hydrogen) atoms. The van der Waals surface area contributed by atoms with E-state index in [1.807, 2.05) is 0 Å². The zero-order chi connectivity index (χ0) is 13.5. The summed E-state index contributed by atoms with van der Waals surface area (Å²) in [6.45, 7) is 4.29. The molecular weight excluding hydrogens is 295 g/mol. The highest BCUT2D eigenvalue weighted by Crippen LogP contribution is 2.29. The first-order valence-electron chi connectivity index (χ1n) is 6.71. The van der Waals surface area contributed by atoms with Crippen LogP contribution in [0, 0.1) is 11.7 Å². The lowest BCUT2D eigenvalue weighted by atomic mass is 9.90. The molecule has 0 amide bonds. The molecule has 0 spiro atoms. The van der Waals surface area contributed by atoms with Crippen molar-refractivity contribution >= 4 is 15.9 Å². The lowest BCUT2D eigenvalue weighted by molar-refractivity contribution is 0.135. The van der Waals surface area contributed by atoms with Crippen LogP contribution in [0.5, 0.6) is 0 Å². The van der Waals surface area contributed by atoms with Gasteiger partial charge < -0.3 is 5.11 Å². The lowest BCUT2D eigenvalue weighted by Crippen LogP contribution is -2.08. The fourth-order valence-corrected chi connectivity index (χ4v) is 2.53. The molecule has 102 valence electrons. The minimum absolute atomic E-state index is 0.331. The first kappa shape index (κ1) is 15.6. The standard InChI is InChI=1S/C15H22BrFO/c1-3-5-6-11(4-2)9-15(18)13-8-7-12(16)10-14(13)17/h7-8,10-11,15,18H,3-6,9H2,1-2H3.